The summed E-state index contributed by atoms with van der Waals surface area (Å²) in [6, 6.07) is 8.20. The van der Waals surface area contributed by atoms with E-state index in [1.807, 2.05) is 13.8 Å². The van der Waals surface area contributed by atoms with Crippen molar-refractivity contribution in [1.29, 1.82) is 0 Å². The molecule has 0 radical (unpaired) electrons. The van der Waals surface area contributed by atoms with Crippen molar-refractivity contribution in [2.24, 2.45) is 5.92 Å². The summed E-state index contributed by atoms with van der Waals surface area (Å²) in [5.41, 5.74) is 0. The van der Waals surface area contributed by atoms with E-state index in [4.69, 9.17) is 0 Å². The molecule has 23 heavy (non-hydrogen) atoms. The van der Waals surface area contributed by atoms with Gasteiger partial charge in [0.1, 0.15) is 10.8 Å². The highest BCUT2D eigenvalue weighted by Gasteiger charge is 2.19. The lowest BCUT2D eigenvalue weighted by molar-refractivity contribution is -0.119. The molecule has 6 nitrogen and oxygen atoms in total. The third-order valence-corrected chi connectivity index (χ3v) is 5.95. The zero-order chi connectivity index (χ0) is 16.9. The van der Waals surface area contributed by atoms with Crippen molar-refractivity contribution in [2.45, 2.75) is 37.3 Å². The predicted octanol–water partition coefficient (Wildman–Crippen LogP) is 2.89. The van der Waals surface area contributed by atoms with E-state index in [1.165, 1.54) is 0 Å². The molecule has 0 saturated carbocycles. The molecule has 0 aliphatic heterocycles. The highest BCUT2D eigenvalue weighted by atomic mass is 32.2. The van der Waals surface area contributed by atoms with Crippen molar-refractivity contribution in [1.82, 2.24) is 10.2 Å². The van der Waals surface area contributed by atoms with Crippen molar-refractivity contribution < 1.29 is 13.2 Å². The minimum atomic E-state index is -3.46. The van der Waals surface area contributed by atoms with E-state index in [2.05, 4.69) is 15.5 Å². The van der Waals surface area contributed by atoms with Gasteiger partial charge in [0, 0.05) is 5.92 Å². The third-order valence-electron chi connectivity index (χ3n) is 3.28. The monoisotopic (exact) mass is 353 g/mol. The van der Waals surface area contributed by atoms with Gasteiger partial charge in [-0.05, 0) is 18.6 Å². The van der Waals surface area contributed by atoms with Gasteiger partial charge in [0.25, 0.3) is 0 Å². The van der Waals surface area contributed by atoms with Crippen LogP contribution in [0, 0.1) is 5.92 Å². The largest absolute Gasteiger partial charge is 0.300 e. The molecule has 2 aromatic rings. The minimum Gasteiger partial charge on any atom is -0.300 e. The van der Waals surface area contributed by atoms with E-state index in [0.29, 0.717) is 10.1 Å². The van der Waals surface area contributed by atoms with Crippen molar-refractivity contribution in [2.75, 3.05) is 5.32 Å². The molecule has 8 heteroatoms. The number of anilines is 1. The average molecular weight is 353 g/mol. The molecule has 0 bridgehead atoms. The molecule has 0 aliphatic carbocycles. The van der Waals surface area contributed by atoms with Gasteiger partial charge in [0.15, 0.2) is 9.84 Å². The maximum absolute atomic E-state index is 12.3. The second-order valence-corrected chi connectivity index (χ2v) is 8.30. The van der Waals surface area contributed by atoms with Crippen LogP contribution in [-0.4, -0.2) is 24.5 Å². The highest BCUT2D eigenvalue weighted by molar-refractivity contribution is 7.90. The first kappa shape index (κ1) is 17.6. The number of amides is 1. The lowest BCUT2D eigenvalue weighted by Gasteiger charge is -2.07. The van der Waals surface area contributed by atoms with Crippen LogP contribution in [0.25, 0.3) is 0 Å². The van der Waals surface area contributed by atoms with Crippen molar-refractivity contribution >= 4 is 32.2 Å². The fraction of sp³-hybridized carbons (Fsp3) is 0.400. The zero-order valence-corrected chi connectivity index (χ0v) is 14.7. The van der Waals surface area contributed by atoms with Crippen LogP contribution in [0.2, 0.25) is 0 Å². The van der Waals surface area contributed by atoms with Crippen LogP contribution in [0.1, 0.15) is 31.7 Å². The fourth-order valence-corrected chi connectivity index (χ4v) is 4.39. The molecule has 1 aromatic carbocycles. The maximum atomic E-state index is 12.3. The Labute approximate surface area is 139 Å². The Hall–Kier alpha value is -1.80. The summed E-state index contributed by atoms with van der Waals surface area (Å²) in [6.45, 7) is 3.86. The predicted molar refractivity (Wildman–Crippen MR) is 89.9 cm³/mol. The summed E-state index contributed by atoms with van der Waals surface area (Å²) in [6.07, 6.45) is 1.71. The van der Waals surface area contributed by atoms with Gasteiger partial charge < -0.3 is 5.32 Å². The number of benzene rings is 1. The van der Waals surface area contributed by atoms with Gasteiger partial charge in [-0.1, -0.05) is 49.8 Å². The van der Waals surface area contributed by atoms with Gasteiger partial charge in [0.05, 0.1) is 4.90 Å². The molecule has 124 valence electrons. The third kappa shape index (κ3) is 4.84. The van der Waals surface area contributed by atoms with E-state index < -0.39 is 9.84 Å². The lowest BCUT2D eigenvalue weighted by atomic mass is 10.1. The molecule has 1 heterocycles. The first-order valence-electron chi connectivity index (χ1n) is 7.33. The molecule has 1 aromatic heterocycles. The molecule has 2 rings (SSSR count). The first-order valence-corrected chi connectivity index (χ1v) is 9.80. The normalized spacial score (nSPS) is 12.8. The molecule has 0 fully saturated rings. The summed E-state index contributed by atoms with van der Waals surface area (Å²) in [5.74, 6) is -0.462. The number of hydrogen-bond donors (Lipinski definition) is 1. The van der Waals surface area contributed by atoms with Gasteiger partial charge in [-0.25, -0.2) is 8.42 Å². The van der Waals surface area contributed by atoms with Crippen LogP contribution >= 0.6 is 11.3 Å². The van der Waals surface area contributed by atoms with Gasteiger partial charge in [-0.15, -0.1) is 10.2 Å². The van der Waals surface area contributed by atoms with E-state index in [9.17, 15) is 13.2 Å². The summed E-state index contributed by atoms with van der Waals surface area (Å²) in [5, 5.41) is 11.1. The Morgan fingerprint density at radius 1 is 1.26 bits per heavy atom. The highest BCUT2D eigenvalue weighted by Crippen LogP contribution is 2.22. The Kier molecular flexibility index (Phi) is 5.84. The SMILES string of the molecule is CCCC(C)C(=O)Nc1nnc(CS(=O)(=O)c2ccccc2)s1. The van der Waals surface area contributed by atoms with Crippen LogP contribution in [0.3, 0.4) is 0 Å². The average Bonchev–Trinajstić information content (AvgIpc) is 2.94. The summed E-state index contributed by atoms with van der Waals surface area (Å²) in [7, 11) is -3.46. The Morgan fingerprint density at radius 3 is 2.61 bits per heavy atom. The number of carbonyl (C=O) groups is 1. The molecule has 0 spiro atoms. The van der Waals surface area contributed by atoms with Crippen LogP contribution in [0.5, 0.6) is 0 Å². The maximum Gasteiger partial charge on any atom is 0.229 e. The zero-order valence-electron chi connectivity index (χ0n) is 13.0. The van der Waals surface area contributed by atoms with Gasteiger partial charge >= 0.3 is 0 Å². The number of sulfone groups is 1. The van der Waals surface area contributed by atoms with E-state index in [-0.39, 0.29) is 22.5 Å². The van der Waals surface area contributed by atoms with Crippen LogP contribution in [0.15, 0.2) is 35.2 Å². The molecule has 1 atom stereocenters. The summed E-state index contributed by atoms with van der Waals surface area (Å²) in [4.78, 5) is 12.2. The van der Waals surface area contributed by atoms with E-state index >= 15 is 0 Å². The smallest absolute Gasteiger partial charge is 0.229 e. The van der Waals surface area contributed by atoms with Crippen molar-refractivity contribution in [3.8, 4) is 0 Å². The quantitative estimate of drug-likeness (QED) is 0.827. The second-order valence-electron chi connectivity index (χ2n) is 5.25. The fourth-order valence-electron chi connectivity index (χ4n) is 2.03. The van der Waals surface area contributed by atoms with Crippen molar-refractivity contribution in [3.05, 3.63) is 35.3 Å². The lowest BCUT2D eigenvalue weighted by Crippen LogP contribution is -2.20. The molecular weight excluding hydrogens is 334 g/mol. The standard InChI is InChI=1S/C15H19N3O3S2/c1-3-7-11(2)14(19)16-15-18-17-13(22-15)10-23(20,21)12-8-5-4-6-9-12/h4-6,8-9,11H,3,7,10H2,1-2H3,(H,16,18,19). The minimum absolute atomic E-state index is 0.111. The molecular formula is C15H19N3O3S2. The number of nitrogens with zero attached hydrogens (tertiary/aromatic N) is 2. The Morgan fingerprint density at radius 2 is 1.96 bits per heavy atom. The van der Waals surface area contributed by atoms with Gasteiger partial charge in [-0.3, -0.25) is 4.79 Å². The Bertz CT molecular complexity index is 757. The molecule has 0 aliphatic rings. The first-order chi connectivity index (χ1) is 10.9. The van der Waals surface area contributed by atoms with E-state index in [1.54, 1.807) is 30.3 Å². The summed E-state index contributed by atoms with van der Waals surface area (Å²) < 4.78 is 24.6. The number of carbonyl (C=O) groups excluding carboxylic acids is 1. The molecule has 1 amide bonds. The van der Waals surface area contributed by atoms with Crippen LogP contribution in [-0.2, 0) is 20.4 Å². The number of aromatic nitrogens is 2. The molecule has 0 saturated heterocycles. The topological polar surface area (TPSA) is 89.0 Å². The van der Waals surface area contributed by atoms with Crippen molar-refractivity contribution in [3.63, 3.8) is 0 Å². The number of hydrogen-bond acceptors (Lipinski definition) is 6. The molecule has 1 N–H and O–H groups in total. The van der Waals surface area contributed by atoms with Crippen LogP contribution < -0.4 is 5.32 Å². The van der Waals surface area contributed by atoms with E-state index in [0.717, 1.165) is 24.2 Å². The number of nitrogens with one attached hydrogen (secondary N) is 1. The second kappa shape index (κ2) is 7.65. The van der Waals surface area contributed by atoms with Gasteiger partial charge in [-0.2, -0.15) is 0 Å². The van der Waals surface area contributed by atoms with Gasteiger partial charge in [0.2, 0.25) is 11.0 Å². The van der Waals surface area contributed by atoms with Crippen LogP contribution in [0.4, 0.5) is 5.13 Å². The molecule has 1 unspecified atom stereocenters. The number of rotatable bonds is 7. The summed E-state index contributed by atoms with van der Waals surface area (Å²) >= 11 is 1.08. The Balaban J connectivity index is 2.04.